The van der Waals surface area contributed by atoms with Crippen molar-refractivity contribution in [1.82, 2.24) is 0 Å². The van der Waals surface area contributed by atoms with E-state index in [-0.39, 0.29) is 11.0 Å². The molecule has 0 aromatic carbocycles. The van der Waals surface area contributed by atoms with E-state index in [2.05, 4.69) is 24.1 Å². The Hall–Kier alpha value is -1.46. The van der Waals surface area contributed by atoms with E-state index < -0.39 is 5.97 Å². The van der Waals surface area contributed by atoms with Crippen LogP contribution in [0.4, 0.5) is 0 Å². The normalized spacial score (nSPS) is 20.7. The second kappa shape index (κ2) is 10.3. The Morgan fingerprint density at radius 2 is 2.05 bits per heavy atom. The van der Waals surface area contributed by atoms with Gasteiger partial charge in [-0.1, -0.05) is 31.9 Å². The summed E-state index contributed by atoms with van der Waals surface area (Å²) in [6, 6.07) is 0. The highest BCUT2D eigenvalue weighted by Gasteiger charge is 2.34. The molecule has 5 heteroatoms. The summed E-state index contributed by atoms with van der Waals surface area (Å²) < 4.78 is 0.221. The summed E-state index contributed by atoms with van der Waals surface area (Å²) in [4.78, 5) is 15.4. The predicted octanol–water partition coefficient (Wildman–Crippen LogP) is 1.70. The molecular weight excluding hydrogens is 278 g/mol. The van der Waals surface area contributed by atoms with E-state index in [4.69, 9.17) is 5.73 Å². The van der Waals surface area contributed by atoms with Crippen molar-refractivity contribution >= 4 is 11.8 Å². The molecule has 5 nitrogen and oxygen atoms in total. The third kappa shape index (κ3) is 6.12. The number of carboxylic acids is 1. The highest BCUT2D eigenvalue weighted by Crippen LogP contribution is 2.20. The van der Waals surface area contributed by atoms with Gasteiger partial charge in [0.1, 0.15) is 19.3 Å². The number of quaternary nitrogens is 1. The molecule has 22 heavy (non-hydrogen) atoms. The number of carbonyl (C=O) groups excluding carboxylic acids is 1. The van der Waals surface area contributed by atoms with Crippen LogP contribution in [0.5, 0.6) is 0 Å². The smallest absolute Gasteiger partial charge is 0.207 e. The summed E-state index contributed by atoms with van der Waals surface area (Å²) in [5.41, 5.74) is 5.64. The molecule has 1 aliphatic heterocycles. The lowest BCUT2D eigenvalue weighted by molar-refractivity contribution is -0.780. The molecule has 0 aromatic heterocycles. The third-order valence-electron chi connectivity index (χ3n) is 3.94. The van der Waals surface area contributed by atoms with Crippen LogP contribution in [0.15, 0.2) is 29.5 Å². The molecule has 0 spiro atoms. The lowest BCUT2D eigenvalue weighted by atomic mass is 10.1. The molecule has 124 valence electrons. The monoisotopic (exact) mass is 307 g/mol. The van der Waals surface area contributed by atoms with E-state index in [1.165, 1.54) is 19.3 Å². The molecule has 1 aliphatic rings. The highest BCUT2D eigenvalue weighted by molar-refractivity contribution is 5.80. The first kappa shape index (κ1) is 18.6. The van der Waals surface area contributed by atoms with Gasteiger partial charge in [-0.3, -0.25) is 0 Å². The van der Waals surface area contributed by atoms with Crippen molar-refractivity contribution in [2.45, 2.75) is 51.9 Å². The van der Waals surface area contributed by atoms with Crippen LogP contribution in [-0.4, -0.2) is 35.9 Å². The van der Waals surface area contributed by atoms with E-state index >= 15 is 0 Å². The quantitative estimate of drug-likeness (QED) is 0.338. The van der Waals surface area contributed by atoms with E-state index in [1.807, 2.05) is 6.20 Å². The highest BCUT2D eigenvalue weighted by atomic mass is 16.4. The Bertz CT molecular complexity index is 430. The zero-order chi connectivity index (χ0) is 16.3. The van der Waals surface area contributed by atoms with Crippen LogP contribution in [0, 0.1) is 0 Å². The number of aliphatic carboxylic acids is 1. The molecule has 1 rings (SSSR count). The summed E-state index contributed by atoms with van der Waals surface area (Å²) in [7, 11) is 0. The molecule has 0 saturated heterocycles. The zero-order valence-electron chi connectivity index (χ0n) is 13.7. The van der Waals surface area contributed by atoms with Gasteiger partial charge in [0.05, 0.1) is 12.2 Å². The first-order valence-electron chi connectivity index (χ1n) is 8.31. The fourth-order valence-electron chi connectivity index (χ4n) is 2.75. The number of amidine groups is 1. The predicted molar refractivity (Wildman–Crippen MR) is 87.8 cm³/mol. The Labute approximate surface area is 133 Å². The fourth-order valence-corrected chi connectivity index (χ4v) is 2.75. The topological polar surface area (TPSA) is 78.5 Å². The fraction of sp³-hybridized carbons (Fsp3) is 0.647. The van der Waals surface area contributed by atoms with E-state index in [0.29, 0.717) is 13.1 Å². The van der Waals surface area contributed by atoms with Gasteiger partial charge >= 0.3 is 0 Å². The number of carbonyl (C=O) groups is 1. The van der Waals surface area contributed by atoms with Gasteiger partial charge < -0.3 is 15.6 Å². The largest absolute Gasteiger partial charge is 0.544 e. The van der Waals surface area contributed by atoms with Gasteiger partial charge in [0.15, 0.2) is 0 Å². The molecular formula is C17H29N3O2. The van der Waals surface area contributed by atoms with Gasteiger partial charge in [0.2, 0.25) is 5.84 Å². The number of allylic oxidation sites excluding steroid dienone is 2. The molecule has 1 heterocycles. The van der Waals surface area contributed by atoms with Gasteiger partial charge in [-0.05, 0) is 25.7 Å². The first-order valence-corrected chi connectivity index (χ1v) is 8.31. The number of unbranched alkanes of at least 4 members (excludes halogenated alkanes) is 4. The van der Waals surface area contributed by atoms with Crippen molar-refractivity contribution < 1.29 is 14.4 Å². The molecule has 0 fully saturated rings. The van der Waals surface area contributed by atoms with Crippen LogP contribution in [0.25, 0.3) is 0 Å². The van der Waals surface area contributed by atoms with Crippen molar-refractivity contribution in [3.8, 4) is 0 Å². The Balaban J connectivity index is 2.39. The summed E-state index contributed by atoms with van der Waals surface area (Å²) in [5.74, 6) is -0.183. The molecule has 1 atom stereocenters. The molecule has 0 bridgehead atoms. The number of rotatable bonds is 12. The minimum absolute atomic E-state index is 0.0839. The summed E-state index contributed by atoms with van der Waals surface area (Å²) in [6.45, 7) is 3.10. The second-order valence-electron chi connectivity index (χ2n) is 5.78. The second-order valence-corrected chi connectivity index (χ2v) is 5.78. The minimum atomic E-state index is -1.07. The average molecular weight is 307 g/mol. The molecule has 0 amide bonds. The van der Waals surface area contributed by atoms with Gasteiger partial charge in [0.25, 0.3) is 0 Å². The summed E-state index contributed by atoms with van der Waals surface area (Å²) >= 11 is 0. The number of nitrogens with zero attached hydrogens (tertiary/aromatic N) is 2. The van der Waals surface area contributed by atoms with Crippen molar-refractivity contribution in [1.29, 1.82) is 0 Å². The maximum atomic E-state index is 11.0. The molecule has 0 aliphatic carbocycles. The number of nitrogens with two attached hydrogens (primary N) is 1. The molecule has 1 unspecified atom stereocenters. The maximum absolute atomic E-state index is 11.0. The first-order chi connectivity index (χ1) is 10.6. The van der Waals surface area contributed by atoms with E-state index in [9.17, 15) is 9.90 Å². The SMILES string of the molecule is CCCCC/C=C/CCCC1=NC=C[N+]1(CCN)CC(=O)[O-]. The van der Waals surface area contributed by atoms with Crippen molar-refractivity contribution in [2.75, 3.05) is 19.6 Å². The third-order valence-corrected chi connectivity index (χ3v) is 3.94. The number of hydrogen-bond acceptors (Lipinski definition) is 4. The van der Waals surface area contributed by atoms with E-state index in [1.54, 1.807) is 6.20 Å². The van der Waals surface area contributed by atoms with Gasteiger partial charge in [-0.25, -0.2) is 9.48 Å². The lowest BCUT2D eigenvalue weighted by Gasteiger charge is -2.32. The average Bonchev–Trinajstić information content (AvgIpc) is 2.84. The van der Waals surface area contributed by atoms with Gasteiger partial charge in [-0.15, -0.1) is 0 Å². The number of carboxylic acid groups (broad SMARTS) is 1. The van der Waals surface area contributed by atoms with Crippen LogP contribution in [0.1, 0.15) is 51.9 Å². The van der Waals surface area contributed by atoms with Gasteiger partial charge in [0, 0.05) is 13.0 Å². The van der Waals surface area contributed by atoms with Crippen molar-refractivity contribution in [2.24, 2.45) is 10.7 Å². The molecule has 0 saturated carbocycles. The standard InChI is InChI=1S/C17H29N3O2/c1-2-3-4-5-6-7-8-9-10-16-19-12-14-20(16,13-11-18)15-17(21)22/h6-7,12,14H,2-5,8-11,13,15,18H2,1H3/b7-6+. The molecule has 2 N–H and O–H groups in total. The zero-order valence-corrected chi connectivity index (χ0v) is 13.7. The number of aliphatic imine (C=N–C) groups is 1. The van der Waals surface area contributed by atoms with E-state index in [0.717, 1.165) is 31.5 Å². The van der Waals surface area contributed by atoms with Crippen LogP contribution < -0.4 is 10.8 Å². The summed E-state index contributed by atoms with van der Waals surface area (Å²) in [5, 5.41) is 11.0. The van der Waals surface area contributed by atoms with Crippen LogP contribution >= 0.6 is 0 Å². The number of hydrogen-bond donors (Lipinski definition) is 1. The van der Waals surface area contributed by atoms with Crippen molar-refractivity contribution in [3.63, 3.8) is 0 Å². The lowest BCUT2D eigenvalue weighted by Crippen LogP contribution is -2.55. The van der Waals surface area contributed by atoms with Gasteiger partial charge in [-0.2, -0.15) is 0 Å². The minimum Gasteiger partial charge on any atom is -0.544 e. The van der Waals surface area contributed by atoms with Crippen LogP contribution in [0.3, 0.4) is 0 Å². The van der Waals surface area contributed by atoms with Crippen LogP contribution in [-0.2, 0) is 4.79 Å². The Morgan fingerprint density at radius 1 is 1.32 bits per heavy atom. The maximum Gasteiger partial charge on any atom is 0.207 e. The Morgan fingerprint density at radius 3 is 2.68 bits per heavy atom. The summed E-state index contributed by atoms with van der Waals surface area (Å²) in [6.07, 6.45) is 15.7. The van der Waals surface area contributed by atoms with Crippen molar-refractivity contribution in [3.05, 3.63) is 24.6 Å². The van der Waals surface area contributed by atoms with Crippen LogP contribution in [0.2, 0.25) is 0 Å². The molecule has 0 aromatic rings. The molecule has 0 radical (unpaired) electrons. The Kier molecular flexibility index (Phi) is 8.70.